The fraction of sp³-hybridized carbons (Fsp3) is 0.400. The summed E-state index contributed by atoms with van der Waals surface area (Å²) in [6.45, 7) is 9.65. The third kappa shape index (κ3) is 3.88. The molecule has 0 spiro atoms. The van der Waals surface area contributed by atoms with Crippen LogP contribution < -0.4 is 20.7 Å². The zero-order chi connectivity index (χ0) is 21.3. The van der Waals surface area contributed by atoms with E-state index in [0.29, 0.717) is 36.6 Å². The second-order valence-corrected chi connectivity index (χ2v) is 8.46. The van der Waals surface area contributed by atoms with E-state index in [2.05, 4.69) is 48.8 Å². The molecule has 0 unspecified atom stereocenters. The van der Waals surface area contributed by atoms with Gasteiger partial charge in [-0.25, -0.2) is 0 Å². The summed E-state index contributed by atoms with van der Waals surface area (Å²) in [5.74, 6) is 1.84. The minimum atomic E-state index is 0.0965. The molecule has 2 aromatic rings. The van der Waals surface area contributed by atoms with Crippen LogP contribution in [0.3, 0.4) is 0 Å². The lowest BCUT2D eigenvalue weighted by Gasteiger charge is -2.47. The summed E-state index contributed by atoms with van der Waals surface area (Å²) in [7, 11) is 0. The second kappa shape index (κ2) is 8.41. The van der Waals surface area contributed by atoms with Crippen molar-refractivity contribution in [2.75, 3.05) is 23.4 Å². The third-order valence-corrected chi connectivity index (χ3v) is 6.17. The van der Waals surface area contributed by atoms with Crippen LogP contribution in [0.5, 0.6) is 5.75 Å². The van der Waals surface area contributed by atoms with Crippen LogP contribution in [-0.4, -0.2) is 19.2 Å². The predicted octanol–water partition coefficient (Wildman–Crippen LogP) is 4.82. The molecule has 30 heavy (non-hydrogen) atoms. The topological polar surface area (TPSA) is 74.3 Å². The van der Waals surface area contributed by atoms with Gasteiger partial charge < -0.3 is 20.7 Å². The van der Waals surface area contributed by atoms with Crippen molar-refractivity contribution in [3.05, 3.63) is 65.9 Å². The minimum absolute atomic E-state index is 0.0965. The quantitative estimate of drug-likeness (QED) is 0.695. The molecule has 5 nitrogen and oxygen atoms in total. The predicted molar refractivity (Wildman–Crippen MR) is 121 cm³/mol. The van der Waals surface area contributed by atoms with Crippen molar-refractivity contribution in [1.29, 1.82) is 5.26 Å². The first-order valence-electron chi connectivity index (χ1n) is 10.7. The summed E-state index contributed by atoms with van der Waals surface area (Å²) >= 11 is 0. The highest BCUT2D eigenvalue weighted by atomic mass is 16.5. The molecular formula is C25H30N4O. The van der Waals surface area contributed by atoms with Crippen molar-refractivity contribution in [2.24, 2.45) is 17.6 Å². The first-order valence-corrected chi connectivity index (χ1v) is 10.7. The fourth-order valence-electron chi connectivity index (χ4n) is 4.75. The first kappa shape index (κ1) is 20.3. The number of rotatable bonds is 7. The summed E-state index contributed by atoms with van der Waals surface area (Å²) in [4.78, 5) is 2.40. The van der Waals surface area contributed by atoms with Crippen molar-refractivity contribution in [3.8, 4) is 11.8 Å². The Hall–Kier alpha value is -2.97. The highest BCUT2D eigenvalue weighted by Crippen LogP contribution is 2.51. The Balaban J connectivity index is 1.74. The number of nitrogens with two attached hydrogens (primary N) is 1. The molecule has 4 rings (SSSR count). The number of fused-ring (bicyclic) bond motifs is 1. The molecule has 0 amide bonds. The molecule has 2 aliphatic rings. The Morgan fingerprint density at radius 2 is 2.10 bits per heavy atom. The van der Waals surface area contributed by atoms with E-state index in [4.69, 9.17) is 10.5 Å². The zero-order valence-electron chi connectivity index (χ0n) is 17.8. The van der Waals surface area contributed by atoms with Gasteiger partial charge >= 0.3 is 0 Å². The summed E-state index contributed by atoms with van der Waals surface area (Å²) in [6, 6.07) is 16.8. The maximum Gasteiger partial charge on any atom is 0.121 e. The molecule has 2 aromatic carbocycles. The Bertz CT molecular complexity index is 975. The molecule has 0 radical (unpaired) electrons. The van der Waals surface area contributed by atoms with E-state index in [1.54, 1.807) is 0 Å². The zero-order valence-corrected chi connectivity index (χ0v) is 17.8. The van der Waals surface area contributed by atoms with Crippen molar-refractivity contribution in [1.82, 2.24) is 0 Å². The van der Waals surface area contributed by atoms with Crippen LogP contribution in [-0.2, 0) is 0 Å². The number of benzene rings is 2. The van der Waals surface area contributed by atoms with Gasteiger partial charge in [0.2, 0.25) is 0 Å². The highest BCUT2D eigenvalue weighted by molar-refractivity contribution is 5.66. The summed E-state index contributed by atoms with van der Waals surface area (Å²) in [5.41, 5.74) is 10.6. The number of ether oxygens (including phenoxy) is 1. The van der Waals surface area contributed by atoms with Gasteiger partial charge in [-0.3, -0.25) is 0 Å². The number of nitrogens with one attached hydrogen (secondary N) is 1. The van der Waals surface area contributed by atoms with Crippen LogP contribution in [0.2, 0.25) is 0 Å². The lowest BCUT2D eigenvalue weighted by Crippen LogP contribution is -2.48. The average Bonchev–Trinajstić information content (AvgIpc) is 3.58. The highest BCUT2D eigenvalue weighted by Gasteiger charge is 2.46. The maximum absolute atomic E-state index is 9.50. The first-order chi connectivity index (χ1) is 14.5. The molecule has 0 saturated heterocycles. The number of anilines is 2. The second-order valence-electron chi connectivity index (χ2n) is 8.46. The monoisotopic (exact) mass is 402 g/mol. The molecule has 3 N–H and O–H groups in total. The molecule has 1 fully saturated rings. The number of nitriles is 1. The Kier molecular flexibility index (Phi) is 5.69. The number of hydrogen-bond donors (Lipinski definition) is 2. The van der Waals surface area contributed by atoms with Gasteiger partial charge in [0.05, 0.1) is 17.7 Å². The molecule has 1 saturated carbocycles. The number of hydrogen-bond acceptors (Lipinski definition) is 5. The minimum Gasteiger partial charge on any atom is -0.492 e. The largest absolute Gasteiger partial charge is 0.492 e. The van der Waals surface area contributed by atoms with E-state index in [0.717, 1.165) is 28.4 Å². The van der Waals surface area contributed by atoms with Gasteiger partial charge in [-0.2, -0.15) is 5.26 Å². The molecule has 0 aromatic heterocycles. The van der Waals surface area contributed by atoms with Gasteiger partial charge in [0.15, 0.2) is 0 Å². The Morgan fingerprint density at radius 3 is 2.77 bits per heavy atom. The number of nitrogens with zero attached hydrogens (tertiary/aromatic N) is 2. The molecule has 1 aliphatic carbocycles. The van der Waals surface area contributed by atoms with E-state index < -0.39 is 0 Å². The van der Waals surface area contributed by atoms with Gasteiger partial charge in [0.25, 0.3) is 0 Å². The summed E-state index contributed by atoms with van der Waals surface area (Å²) in [5, 5.41) is 13.2. The van der Waals surface area contributed by atoms with Crippen LogP contribution in [0.4, 0.5) is 11.4 Å². The van der Waals surface area contributed by atoms with Crippen LogP contribution in [0, 0.1) is 23.2 Å². The van der Waals surface area contributed by atoms with Gasteiger partial charge in [-0.1, -0.05) is 19.6 Å². The molecule has 5 heteroatoms. The Labute approximate surface area is 179 Å². The molecular weight excluding hydrogens is 372 g/mol. The lowest BCUT2D eigenvalue weighted by atomic mass is 9.79. The standard InChI is InChI=1S/C25H30N4O/c1-16(2)29-23-10-7-18(15-27)13-22(23)24(17(3)25(29)19-8-9-19)28-20-5-4-6-21(14-20)30-12-11-26/h4-7,10,13-14,17,19,24-25,28H,1,8-9,11-12,26H2,2-3H3/t17-,24-,25-/m1/s1. The van der Waals surface area contributed by atoms with Crippen molar-refractivity contribution < 1.29 is 4.74 Å². The van der Waals surface area contributed by atoms with E-state index in [1.165, 1.54) is 12.8 Å². The van der Waals surface area contributed by atoms with E-state index in [9.17, 15) is 5.26 Å². The molecule has 1 aliphatic heterocycles. The summed E-state index contributed by atoms with van der Waals surface area (Å²) in [6.07, 6.45) is 2.53. The number of allylic oxidation sites excluding steroid dienone is 1. The van der Waals surface area contributed by atoms with E-state index in [1.807, 2.05) is 30.3 Å². The average molecular weight is 403 g/mol. The van der Waals surface area contributed by atoms with E-state index >= 15 is 0 Å². The van der Waals surface area contributed by atoms with Crippen molar-refractivity contribution >= 4 is 11.4 Å². The SMILES string of the molecule is C=C(C)N1c2ccc(C#N)cc2[C@H](Nc2cccc(OCCN)c2)[C@@H](C)[C@@H]1C1CC1. The summed E-state index contributed by atoms with van der Waals surface area (Å²) < 4.78 is 5.71. The lowest BCUT2D eigenvalue weighted by molar-refractivity contribution is 0.328. The van der Waals surface area contributed by atoms with Crippen LogP contribution in [0.15, 0.2) is 54.7 Å². The van der Waals surface area contributed by atoms with Crippen molar-refractivity contribution in [2.45, 2.75) is 38.8 Å². The normalized spacial score (nSPS) is 22.7. The molecule has 3 atom stereocenters. The maximum atomic E-state index is 9.50. The Morgan fingerprint density at radius 1 is 1.30 bits per heavy atom. The van der Waals surface area contributed by atoms with Gasteiger partial charge in [0.1, 0.15) is 12.4 Å². The van der Waals surface area contributed by atoms with Gasteiger partial charge in [0, 0.05) is 41.6 Å². The smallest absolute Gasteiger partial charge is 0.121 e. The third-order valence-electron chi connectivity index (χ3n) is 6.17. The van der Waals surface area contributed by atoms with Crippen LogP contribution >= 0.6 is 0 Å². The molecule has 1 heterocycles. The van der Waals surface area contributed by atoms with Gasteiger partial charge in [-0.15, -0.1) is 0 Å². The van der Waals surface area contributed by atoms with E-state index in [-0.39, 0.29) is 6.04 Å². The molecule has 156 valence electrons. The van der Waals surface area contributed by atoms with Crippen LogP contribution in [0.1, 0.15) is 43.9 Å². The van der Waals surface area contributed by atoms with Gasteiger partial charge in [-0.05, 0) is 61.6 Å². The molecule has 0 bridgehead atoms. The fourth-order valence-corrected chi connectivity index (χ4v) is 4.75. The van der Waals surface area contributed by atoms with Crippen LogP contribution in [0.25, 0.3) is 0 Å². The van der Waals surface area contributed by atoms with Crippen molar-refractivity contribution in [3.63, 3.8) is 0 Å².